The van der Waals surface area contributed by atoms with E-state index in [9.17, 15) is 13.2 Å². The van der Waals surface area contributed by atoms with Crippen molar-refractivity contribution in [2.45, 2.75) is 26.3 Å². The third-order valence-electron chi connectivity index (χ3n) is 6.48. The highest BCUT2D eigenvalue weighted by Crippen LogP contribution is 2.32. The van der Waals surface area contributed by atoms with Crippen LogP contribution in [0.15, 0.2) is 30.3 Å². The molecule has 5 rings (SSSR count). The first-order chi connectivity index (χ1) is 14.8. The molecule has 164 valence electrons. The lowest BCUT2D eigenvalue weighted by Crippen LogP contribution is -2.49. The van der Waals surface area contributed by atoms with Crippen LogP contribution in [0.3, 0.4) is 0 Å². The molecule has 2 aliphatic rings. The number of para-hydroxylation sites is 1. The van der Waals surface area contributed by atoms with Gasteiger partial charge in [0.2, 0.25) is 0 Å². The Hall–Kier alpha value is -2.81. The molecular formula is C22H27N5O3S. The van der Waals surface area contributed by atoms with Gasteiger partial charge < -0.3 is 14.8 Å². The van der Waals surface area contributed by atoms with E-state index in [-0.39, 0.29) is 23.5 Å². The Morgan fingerprint density at radius 1 is 1.13 bits per heavy atom. The van der Waals surface area contributed by atoms with E-state index in [1.54, 1.807) is 0 Å². The fourth-order valence-corrected chi connectivity index (χ4v) is 6.62. The number of amides is 1. The van der Waals surface area contributed by atoms with Crippen LogP contribution in [0.1, 0.15) is 34.3 Å². The van der Waals surface area contributed by atoms with Gasteiger partial charge in [-0.25, -0.2) is 8.42 Å². The zero-order chi connectivity index (χ0) is 21.8. The Labute approximate surface area is 181 Å². The molecule has 1 atom stereocenters. The van der Waals surface area contributed by atoms with Gasteiger partial charge >= 0.3 is 0 Å². The van der Waals surface area contributed by atoms with Gasteiger partial charge in [-0.05, 0) is 32.4 Å². The second kappa shape index (κ2) is 7.40. The summed E-state index contributed by atoms with van der Waals surface area (Å²) in [5, 5.41) is 5.72. The molecule has 31 heavy (non-hydrogen) atoms. The summed E-state index contributed by atoms with van der Waals surface area (Å²) in [7, 11) is -2.96. The molecular weight excluding hydrogens is 414 g/mol. The van der Waals surface area contributed by atoms with Gasteiger partial charge in [0.15, 0.2) is 9.84 Å². The van der Waals surface area contributed by atoms with E-state index in [0.29, 0.717) is 25.2 Å². The van der Waals surface area contributed by atoms with Gasteiger partial charge in [0.1, 0.15) is 5.69 Å². The van der Waals surface area contributed by atoms with Crippen molar-refractivity contribution in [3.8, 4) is 0 Å². The number of nitrogens with one attached hydrogen (secondary N) is 1. The molecule has 2 aliphatic heterocycles. The number of sulfone groups is 1. The topological polar surface area (TPSA) is 91.3 Å². The minimum atomic E-state index is -2.96. The van der Waals surface area contributed by atoms with Crippen LogP contribution in [-0.2, 0) is 9.84 Å². The molecule has 0 aliphatic carbocycles. The third kappa shape index (κ3) is 3.60. The van der Waals surface area contributed by atoms with Gasteiger partial charge in [0.25, 0.3) is 5.91 Å². The molecule has 2 fully saturated rings. The van der Waals surface area contributed by atoms with Crippen LogP contribution in [-0.4, -0.2) is 71.7 Å². The summed E-state index contributed by atoms with van der Waals surface area (Å²) in [6.45, 7) is 6.71. The van der Waals surface area contributed by atoms with Crippen LogP contribution in [0.5, 0.6) is 0 Å². The van der Waals surface area contributed by atoms with Gasteiger partial charge in [0.05, 0.1) is 34.6 Å². The van der Waals surface area contributed by atoms with Crippen molar-refractivity contribution < 1.29 is 13.2 Å². The first-order valence-electron chi connectivity index (χ1n) is 10.7. The Balaban J connectivity index is 1.30. The van der Waals surface area contributed by atoms with Crippen LogP contribution in [0.25, 0.3) is 10.9 Å². The van der Waals surface area contributed by atoms with E-state index in [1.165, 1.54) is 0 Å². The van der Waals surface area contributed by atoms with E-state index in [4.69, 9.17) is 0 Å². The van der Waals surface area contributed by atoms with Crippen molar-refractivity contribution >= 4 is 32.3 Å². The molecule has 9 heteroatoms. The molecule has 0 bridgehead atoms. The number of rotatable bonds is 3. The number of anilines is 1. The SMILES string of the molecule is Cc1nn([C@H]2CCS(=O)(=O)C2)c(C)c1N1CCN(C(=O)c2cc3ccccc3[nH]2)CC1. The standard InChI is InChI=1S/C22H27N5O3S/c1-15-21(16(2)27(24-15)18-7-12-31(29,30)14-18)25-8-10-26(11-9-25)22(28)20-13-17-5-3-4-6-19(17)23-20/h3-6,13,18,23H,7-12,14H2,1-2H3/t18-/m0/s1. The number of carbonyl (C=O) groups is 1. The molecule has 0 unspecified atom stereocenters. The largest absolute Gasteiger partial charge is 0.365 e. The highest BCUT2D eigenvalue weighted by molar-refractivity contribution is 7.91. The molecule has 8 nitrogen and oxygen atoms in total. The summed E-state index contributed by atoms with van der Waals surface area (Å²) in [5.41, 5.74) is 4.59. The van der Waals surface area contributed by atoms with E-state index in [2.05, 4.69) is 15.0 Å². The molecule has 0 saturated carbocycles. The van der Waals surface area contributed by atoms with Crippen LogP contribution < -0.4 is 4.90 Å². The quantitative estimate of drug-likeness (QED) is 0.674. The number of aromatic nitrogens is 3. The number of nitrogens with zero attached hydrogens (tertiary/aromatic N) is 4. The number of hydrogen-bond acceptors (Lipinski definition) is 5. The predicted octanol–water partition coefficient (Wildman–Crippen LogP) is 2.30. The first kappa shape index (κ1) is 20.1. The highest BCUT2D eigenvalue weighted by Gasteiger charge is 2.33. The lowest BCUT2D eigenvalue weighted by molar-refractivity contribution is 0.0742. The van der Waals surface area contributed by atoms with Gasteiger partial charge in [-0.2, -0.15) is 5.10 Å². The van der Waals surface area contributed by atoms with E-state index in [1.807, 2.05) is 53.8 Å². The summed E-state index contributed by atoms with van der Waals surface area (Å²) in [5.74, 6) is 0.428. The monoisotopic (exact) mass is 441 g/mol. The minimum Gasteiger partial charge on any atom is -0.365 e. The van der Waals surface area contributed by atoms with Crippen molar-refractivity contribution in [3.63, 3.8) is 0 Å². The average molecular weight is 442 g/mol. The molecule has 1 N–H and O–H groups in total. The number of hydrogen-bond donors (Lipinski definition) is 1. The predicted molar refractivity (Wildman–Crippen MR) is 120 cm³/mol. The summed E-state index contributed by atoms with van der Waals surface area (Å²) in [6.07, 6.45) is 0.622. The normalized spacial score (nSPS) is 21.2. The zero-order valence-electron chi connectivity index (χ0n) is 17.8. The van der Waals surface area contributed by atoms with Gasteiger partial charge in [0, 0.05) is 37.1 Å². The number of aryl methyl sites for hydroxylation is 1. The number of benzene rings is 1. The number of carbonyl (C=O) groups excluding carboxylic acids is 1. The number of fused-ring (bicyclic) bond motifs is 1. The average Bonchev–Trinajstić information content (AvgIpc) is 3.42. The molecule has 0 spiro atoms. The lowest BCUT2D eigenvalue weighted by atomic mass is 10.2. The zero-order valence-corrected chi connectivity index (χ0v) is 18.7. The first-order valence-corrected chi connectivity index (χ1v) is 12.5. The minimum absolute atomic E-state index is 0.0242. The third-order valence-corrected chi connectivity index (χ3v) is 8.23. The number of aromatic amines is 1. The fraction of sp³-hybridized carbons (Fsp3) is 0.455. The maximum absolute atomic E-state index is 13.0. The van der Waals surface area contributed by atoms with Crippen molar-refractivity contribution in [1.82, 2.24) is 19.7 Å². The lowest BCUT2D eigenvalue weighted by Gasteiger charge is -2.36. The number of piperazine rings is 1. The molecule has 2 aromatic heterocycles. The molecule has 4 heterocycles. The van der Waals surface area contributed by atoms with E-state index >= 15 is 0 Å². The Morgan fingerprint density at radius 3 is 2.55 bits per heavy atom. The molecule has 1 aromatic carbocycles. The summed E-state index contributed by atoms with van der Waals surface area (Å²) in [6, 6.07) is 9.73. The second-order valence-electron chi connectivity index (χ2n) is 8.57. The molecule has 0 radical (unpaired) electrons. The number of H-pyrrole nitrogens is 1. The van der Waals surface area contributed by atoms with Crippen LogP contribution in [0, 0.1) is 13.8 Å². The van der Waals surface area contributed by atoms with Crippen molar-refractivity contribution in [1.29, 1.82) is 0 Å². The van der Waals surface area contributed by atoms with E-state index in [0.717, 1.165) is 41.1 Å². The van der Waals surface area contributed by atoms with Crippen LogP contribution in [0.2, 0.25) is 0 Å². The van der Waals surface area contributed by atoms with Crippen LogP contribution >= 0.6 is 0 Å². The maximum Gasteiger partial charge on any atom is 0.270 e. The summed E-state index contributed by atoms with van der Waals surface area (Å²) >= 11 is 0. The Morgan fingerprint density at radius 2 is 1.87 bits per heavy atom. The van der Waals surface area contributed by atoms with Crippen molar-refractivity contribution in [3.05, 3.63) is 47.4 Å². The summed E-state index contributed by atoms with van der Waals surface area (Å²) in [4.78, 5) is 20.4. The van der Waals surface area contributed by atoms with Crippen LogP contribution in [0.4, 0.5) is 5.69 Å². The Bertz CT molecular complexity index is 1220. The van der Waals surface area contributed by atoms with Crippen molar-refractivity contribution in [2.75, 3.05) is 42.6 Å². The Kier molecular flexibility index (Phi) is 4.80. The van der Waals surface area contributed by atoms with Gasteiger partial charge in [-0.1, -0.05) is 18.2 Å². The van der Waals surface area contributed by atoms with Crippen molar-refractivity contribution in [2.24, 2.45) is 0 Å². The smallest absolute Gasteiger partial charge is 0.270 e. The summed E-state index contributed by atoms with van der Waals surface area (Å²) < 4.78 is 25.7. The second-order valence-corrected chi connectivity index (χ2v) is 10.8. The molecule has 1 amide bonds. The van der Waals surface area contributed by atoms with Gasteiger partial charge in [-0.3, -0.25) is 9.48 Å². The van der Waals surface area contributed by atoms with E-state index < -0.39 is 9.84 Å². The fourth-order valence-electron chi connectivity index (χ4n) is 4.93. The highest BCUT2D eigenvalue weighted by atomic mass is 32.2. The van der Waals surface area contributed by atoms with Gasteiger partial charge in [-0.15, -0.1) is 0 Å². The molecule has 2 saturated heterocycles. The molecule has 3 aromatic rings. The maximum atomic E-state index is 13.0.